The van der Waals surface area contributed by atoms with Crippen LogP contribution in [0.4, 0.5) is 0 Å². The number of nitrogens with zero attached hydrogens (tertiary/aromatic N) is 2. The second kappa shape index (κ2) is 8.90. The molecule has 0 unspecified atom stereocenters. The van der Waals surface area contributed by atoms with E-state index in [-0.39, 0.29) is 0 Å². The third-order valence-electron chi connectivity index (χ3n) is 3.56. The van der Waals surface area contributed by atoms with E-state index in [0.717, 1.165) is 38.8 Å². The zero-order valence-corrected chi connectivity index (χ0v) is 12.3. The number of nitroso groups, excluding NO2 is 1. The molecule has 0 atom stereocenters. The Hall–Kier alpha value is -2.16. The summed E-state index contributed by atoms with van der Waals surface area (Å²) < 4.78 is 0. The van der Waals surface area contributed by atoms with Crippen molar-refractivity contribution >= 4 is 0 Å². The first-order valence-corrected chi connectivity index (χ1v) is 7.54. The fourth-order valence-electron chi connectivity index (χ4n) is 2.41. The highest BCUT2D eigenvalue weighted by atomic mass is 16.3. The molecular weight excluding hydrogens is 260 g/mol. The van der Waals surface area contributed by atoms with Gasteiger partial charge in [-0.05, 0) is 36.8 Å². The maximum atomic E-state index is 10.9. The summed E-state index contributed by atoms with van der Waals surface area (Å²) in [7, 11) is 0. The van der Waals surface area contributed by atoms with Crippen molar-refractivity contribution < 1.29 is 0 Å². The lowest BCUT2D eigenvalue weighted by molar-refractivity contribution is 0.277. The zero-order valence-electron chi connectivity index (χ0n) is 12.3. The van der Waals surface area contributed by atoms with Gasteiger partial charge in [0.2, 0.25) is 0 Å². The summed E-state index contributed by atoms with van der Waals surface area (Å²) in [5.41, 5.74) is 2.63. The second-order valence-electron chi connectivity index (χ2n) is 5.21. The predicted molar refractivity (Wildman–Crippen MR) is 86.9 cm³/mol. The predicted octanol–water partition coefficient (Wildman–Crippen LogP) is 4.24. The number of hydrogen-bond acceptors (Lipinski definition) is 2. The Labute approximate surface area is 126 Å². The molecule has 0 spiro atoms. The molecule has 0 amide bonds. The quantitative estimate of drug-likeness (QED) is 0.509. The molecule has 2 aromatic rings. The smallest absolute Gasteiger partial charge is 0.0523 e. The van der Waals surface area contributed by atoms with E-state index in [2.05, 4.69) is 29.6 Å². The lowest BCUT2D eigenvalue weighted by atomic mass is 10.1. The SMILES string of the molecule is O=NN(CCCc1ccccc1)CCCc1ccccc1. The first-order chi connectivity index (χ1) is 10.4. The summed E-state index contributed by atoms with van der Waals surface area (Å²) in [6.45, 7) is 1.46. The highest BCUT2D eigenvalue weighted by Crippen LogP contribution is 2.06. The molecule has 0 aliphatic rings. The Bertz CT molecular complexity index is 468. The summed E-state index contributed by atoms with van der Waals surface area (Å²) in [6, 6.07) is 20.7. The molecule has 2 aromatic carbocycles. The van der Waals surface area contributed by atoms with Crippen molar-refractivity contribution in [2.45, 2.75) is 25.7 Å². The molecule has 2 rings (SSSR count). The number of hydrogen-bond donors (Lipinski definition) is 0. The number of rotatable bonds is 9. The van der Waals surface area contributed by atoms with Crippen LogP contribution in [0.2, 0.25) is 0 Å². The van der Waals surface area contributed by atoms with Gasteiger partial charge in [-0.1, -0.05) is 60.7 Å². The van der Waals surface area contributed by atoms with Gasteiger partial charge in [-0.2, -0.15) is 0 Å². The molecule has 110 valence electrons. The summed E-state index contributed by atoms with van der Waals surface area (Å²) >= 11 is 0. The van der Waals surface area contributed by atoms with Crippen LogP contribution < -0.4 is 0 Å². The molecule has 0 aromatic heterocycles. The van der Waals surface area contributed by atoms with Gasteiger partial charge in [0.1, 0.15) is 0 Å². The second-order valence-corrected chi connectivity index (χ2v) is 5.21. The van der Waals surface area contributed by atoms with Crippen molar-refractivity contribution in [2.24, 2.45) is 5.29 Å². The molecule has 0 aliphatic carbocycles. The van der Waals surface area contributed by atoms with Crippen molar-refractivity contribution in [1.29, 1.82) is 0 Å². The Kier molecular flexibility index (Phi) is 6.46. The molecule has 3 heteroatoms. The van der Waals surface area contributed by atoms with Crippen LogP contribution >= 0.6 is 0 Å². The normalized spacial score (nSPS) is 10.3. The minimum Gasteiger partial charge on any atom is -0.261 e. The highest BCUT2D eigenvalue weighted by molar-refractivity contribution is 5.15. The maximum absolute atomic E-state index is 10.9. The molecule has 0 bridgehead atoms. The zero-order chi connectivity index (χ0) is 14.8. The van der Waals surface area contributed by atoms with Crippen LogP contribution in [0.5, 0.6) is 0 Å². The topological polar surface area (TPSA) is 32.7 Å². The van der Waals surface area contributed by atoms with E-state index in [1.165, 1.54) is 11.1 Å². The summed E-state index contributed by atoms with van der Waals surface area (Å²) in [4.78, 5) is 10.9. The van der Waals surface area contributed by atoms with E-state index >= 15 is 0 Å². The first-order valence-electron chi connectivity index (χ1n) is 7.54. The first kappa shape index (κ1) is 15.2. The van der Waals surface area contributed by atoms with Crippen LogP contribution in [0, 0.1) is 4.91 Å². The van der Waals surface area contributed by atoms with Crippen LogP contribution in [-0.4, -0.2) is 18.1 Å². The standard InChI is InChI=1S/C18H22N2O/c21-19-20(15-7-13-17-9-3-1-4-10-17)16-8-14-18-11-5-2-6-12-18/h1-6,9-12H,7-8,13-16H2. The van der Waals surface area contributed by atoms with E-state index < -0.39 is 0 Å². The molecular formula is C18H22N2O. The van der Waals surface area contributed by atoms with Crippen LogP contribution in [0.3, 0.4) is 0 Å². The Morgan fingerprint density at radius 2 is 1.14 bits per heavy atom. The van der Waals surface area contributed by atoms with Gasteiger partial charge >= 0.3 is 0 Å². The molecule has 21 heavy (non-hydrogen) atoms. The molecule has 3 nitrogen and oxygen atoms in total. The van der Waals surface area contributed by atoms with Crippen molar-refractivity contribution in [1.82, 2.24) is 5.01 Å². The van der Waals surface area contributed by atoms with Crippen molar-refractivity contribution in [2.75, 3.05) is 13.1 Å². The van der Waals surface area contributed by atoms with Crippen LogP contribution in [-0.2, 0) is 12.8 Å². The fourth-order valence-corrected chi connectivity index (χ4v) is 2.41. The van der Waals surface area contributed by atoms with E-state index in [1.807, 2.05) is 36.4 Å². The third-order valence-corrected chi connectivity index (χ3v) is 3.56. The van der Waals surface area contributed by atoms with Crippen molar-refractivity contribution in [3.8, 4) is 0 Å². The Morgan fingerprint density at radius 3 is 1.52 bits per heavy atom. The Morgan fingerprint density at radius 1 is 0.714 bits per heavy atom. The van der Waals surface area contributed by atoms with E-state index in [4.69, 9.17) is 0 Å². The minimum atomic E-state index is 0.729. The number of aryl methyl sites for hydroxylation is 2. The van der Waals surface area contributed by atoms with Gasteiger partial charge in [0.25, 0.3) is 0 Å². The average molecular weight is 282 g/mol. The van der Waals surface area contributed by atoms with Crippen LogP contribution in [0.25, 0.3) is 0 Å². The molecule has 0 saturated heterocycles. The minimum absolute atomic E-state index is 0.729. The molecule has 0 radical (unpaired) electrons. The van der Waals surface area contributed by atoms with Gasteiger partial charge in [0, 0.05) is 13.1 Å². The van der Waals surface area contributed by atoms with Gasteiger partial charge in [0.15, 0.2) is 0 Å². The molecule has 0 saturated carbocycles. The number of benzene rings is 2. The van der Waals surface area contributed by atoms with Crippen LogP contribution in [0.1, 0.15) is 24.0 Å². The largest absolute Gasteiger partial charge is 0.261 e. The molecule has 0 fully saturated rings. The monoisotopic (exact) mass is 282 g/mol. The van der Waals surface area contributed by atoms with Gasteiger partial charge < -0.3 is 0 Å². The van der Waals surface area contributed by atoms with E-state index in [0.29, 0.717) is 0 Å². The molecule has 0 aliphatic heterocycles. The fraction of sp³-hybridized carbons (Fsp3) is 0.333. The van der Waals surface area contributed by atoms with Gasteiger partial charge in [-0.15, -0.1) is 4.91 Å². The average Bonchev–Trinajstić information content (AvgIpc) is 2.55. The van der Waals surface area contributed by atoms with E-state index in [1.54, 1.807) is 5.01 Å². The summed E-state index contributed by atoms with van der Waals surface area (Å²) in [6.07, 6.45) is 3.90. The summed E-state index contributed by atoms with van der Waals surface area (Å²) in [5, 5.41) is 4.78. The lowest BCUT2D eigenvalue weighted by Gasteiger charge is -2.15. The van der Waals surface area contributed by atoms with Gasteiger partial charge in [-0.3, -0.25) is 5.01 Å². The molecule has 0 heterocycles. The van der Waals surface area contributed by atoms with Gasteiger partial charge in [-0.25, -0.2) is 0 Å². The van der Waals surface area contributed by atoms with E-state index in [9.17, 15) is 4.91 Å². The highest BCUT2D eigenvalue weighted by Gasteiger charge is 2.03. The van der Waals surface area contributed by atoms with Gasteiger partial charge in [0.05, 0.1) is 5.29 Å². The van der Waals surface area contributed by atoms with Crippen molar-refractivity contribution in [3.05, 3.63) is 76.7 Å². The molecule has 0 N–H and O–H groups in total. The Balaban J connectivity index is 1.65. The lowest BCUT2D eigenvalue weighted by Crippen LogP contribution is -2.20. The third kappa shape index (κ3) is 5.78. The van der Waals surface area contributed by atoms with Crippen molar-refractivity contribution in [3.63, 3.8) is 0 Å². The maximum Gasteiger partial charge on any atom is 0.0523 e. The van der Waals surface area contributed by atoms with Crippen LogP contribution in [0.15, 0.2) is 65.9 Å². The summed E-state index contributed by atoms with van der Waals surface area (Å²) in [5.74, 6) is 0.